The summed E-state index contributed by atoms with van der Waals surface area (Å²) < 4.78 is 0. The lowest BCUT2D eigenvalue weighted by molar-refractivity contribution is 0.0697. The van der Waals surface area contributed by atoms with Gasteiger partial charge in [-0.2, -0.15) is 0 Å². The minimum Gasteiger partial charge on any atom is -0.478 e. The zero-order chi connectivity index (χ0) is 15.5. The van der Waals surface area contributed by atoms with Gasteiger partial charge in [0.05, 0.1) is 21.8 Å². The SMILES string of the molecule is O=C(O)c1ccc(/C=C(\Cl)c2ccc3ccccc3n2)cc1. The van der Waals surface area contributed by atoms with E-state index in [4.69, 9.17) is 16.7 Å². The van der Waals surface area contributed by atoms with E-state index in [-0.39, 0.29) is 5.56 Å². The van der Waals surface area contributed by atoms with Crippen LogP contribution in [0.25, 0.3) is 22.0 Å². The molecule has 0 fully saturated rings. The van der Waals surface area contributed by atoms with Gasteiger partial charge in [-0.1, -0.05) is 48.0 Å². The van der Waals surface area contributed by atoms with Crippen LogP contribution in [0.3, 0.4) is 0 Å². The van der Waals surface area contributed by atoms with Crippen molar-refractivity contribution in [3.05, 3.63) is 77.5 Å². The van der Waals surface area contributed by atoms with Gasteiger partial charge in [-0.15, -0.1) is 0 Å². The summed E-state index contributed by atoms with van der Waals surface area (Å²) in [6, 6.07) is 18.2. The highest BCUT2D eigenvalue weighted by molar-refractivity contribution is 6.51. The van der Waals surface area contributed by atoms with Crippen LogP contribution in [0.1, 0.15) is 21.6 Å². The van der Waals surface area contributed by atoms with E-state index in [9.17, 15) is 4.79 Å². The second kappa shape index (κ2) is 6.00. The molecular weight excluding hydrogens is 298 g/mol. The molecule has 1 aromatic heterocycles. The highest BCUT2D eigenvalue weighted by Gasteiger charge is 2.04. The Hall–Kier alpha value is -2.65. The Bertz CT molecular complexity index is 870. The van der Waals surface area contributed by atoms with Gasteiger partial charge in [0.1, 0.15) is 0 Å². The molecule has 0 bridgehead atoms. The number of hydrogen-bond donors (Lipinski definition) is 1. The van der Waals surface area contributed by atoms with E-state index < -0.39 is 5.97 Å². The molecule has 1 heterocycles. The molecule has 0 saturated carbocycles. The number of aromatic carboxylic acids is 1. The van der Waals surface area contributed by atoms with Crippen molar-refractivity contribution in [2.75, 3.05) is 0 Å². The van der Waals surface area contributed by atoms with E-state index in [0.717, 1.165) is 16.5 Å². The number of fused-ring (bicyclic) bond motifs is 1. The molecule has 22 heavy (non-hydrogen) atoms. The Kier molecular flexibility index (Phi) is 3.90. The molecule has 3 rings (SSSR count). The molecule has 0 atom stereocenters. The minimum atomic E-state index is -0.946. The maximum atomic E-state index is 10.8. The van der Waals surface area contributed by atoms with Gasteiger partial charge in [-0.05, 0) is 35.9 Å². The van der Waals surface area contributed by atoms with Crippen LogP contribution in [-0.4, -0.2) is 16.1 Å². The zero-order valence-electron chi connectivity index (χ0n) is 11.5. The summed E-state index contributed by atoms with van der Waals surface area (Å²) in [7, 11) is 0. The second-order valence-corrected chi connectivity index (χ2v) is 5.22. The van der Waals surface area contributed by atoms with Crippen molar-refractivity contribution >= 4 is 39.6 Å². The highest BCUT2D eigenvalue weighted by Crippen LogP contribution is 2.23. The molecule has 0 radical (unpaired) electrons. The first-order valence-corrected chi connectivity index (χ1v) is 7.08. The molecule has 0 aliphatic carbocycles. The van der Waals surface area contributed by atoms with Crippen LogP contribution in [0.5, 0.6) is 0 Å². The predicted molar refractivity (Wildman–Crippen MR) is 88.9 cm³/mol. The zero-order valence-corrected chi connectivity index (χ0v) is 12.3. The Morgan fingerprint density at radius 1 is 1.00 bits per heavy atom. The molecule has 0 saturated heterocycles. The van der Waals surface area contributed by atoms with Gasteiger partial charge >= 0.3 is 5.97 Å². The fraction of sp³-hybridized carbons (Fsp3) is 0. The van der Waals surface area contributed by atoms with Crippen molar-refractivity contribution in [1.29, 1.82) is 0 Å². The van der Waals surface area contributed by atoms with Crippen molar-refractivity contribution in [3.63, 3.8) is 0 Å². The first kappa shape index (κ1) is 14.3. The van der Waals surface area contributed by atoms with Gasteiger partial charge < -0.3 is 5.11 Å². The van der Waals surface area contributed by atoms with Gasteiger partial charge in [-0.3, -0.25) is 0 Å². The summed E-state index contributed by atoms with van der Waals surface area (Å²) in [6.45, 7) is 0. The summed E-state index contributed by atoms with van der Waals surface area (Å²) in [5.41, 5.74) is 2.64. The topological polar surface area (TPSA) is 50.2 Å². The lowest BCUT2D eigenvalue weighted by atomic mass is 10.1. The molecule has 0 aliphatic heterocycles. The Labute approximate surface area is 132 Å². The number of nitrogens with zero attached hydrogens (tertiary/aromatic N) is 1. The van der Waals surface area contributed by atoms with Crippen molar-refractivity contribution in [2.24, 2.45) is 0 Å². The Balaban J connectivity index is 1.93. The lowest BCUT2D eigenvalue weighted by Crippen LogP contribution is -1.94. The Morgan fingerprint density at radius 2 is 1.73 bits per heavy atom. The summed E-state index contributed by atoms with van der Waals surface area (Å²) in [5, 5.41) is 10.4. The standard InChI is InChI=1S/C18H12ClNO2/c19-15(11-12-5-7-14(8-6-12)18(21)22)17-10-9-13-3-1-2-4-16(13)20-17/h1-11H,(H,21,22)/b15-11-. The molecule has 2 aromatic carbocycles. The number of halogens is 1. The maximum Gasteiger partial charge on any atom is 0.335 e. The van der Waals surface area contributed by atoms with Crippen LogP contribution in [-0.2, 0) is 0 Å². The van der Waals surface area contributed by atoms with Crippen molar-refractivity contribution < 1.29 is 9.90 Å². The van der Waals surface area contributed by atoms with E-state index in [2.05, 4.69) is 4.98 Å². The number of pyridine rings is 1. The van der Waals surface area contributed by atoms with Crippen LogP contribution in [0.2, 0.25) is 0 Å². The van der Waals surface area contributed by atoms with Crippen LogP contribution in [0.4, 0.5) is 0 Å². The van der Waals surface area contributed by atoms with Gasteiger partial charge in [-0.25, -0.2) is 9.78 Å². The van der Waals surface area contributed by atoms with Crippen LogP contribution in [0.15, 0.2) is 60.7 Å². The van der Waals surface area contributed by atoms with Crippen LogP contribution < -0.4 is 0 Å². The van der Waals surface area contributed by atoms with E-state index in [0.29, 0.717) is 10.7 Å². The van der Waals surface area contributed by atoms with Crippen LogP contribution in [0, 0.1) is 0 Å². The second-order valence-electron chi connectivity index (χ2n) is 4.81. The van der Waals surface area contributed by atoms with Gasteiger partial charge in [0.15, 0.2) is 0 Å². The van der Waals surface area contributed by atoms with Gasteiger partial charge in [0, 0.05) is 5.39 Å². The lowest BCUT2D eigenvalue weighted by Gasteiger charge is -2.02. The molecule has 0 spiro atoms. The minimum absolute atomic E-state index is 0.247. The Morgan fingerprint density at radius 3 is 2.45 bits per heavy atom. The van der Waals surface area contributed by atoms with Crippen molar-refractivity contribution in [3.8, 4) is 0 Å². The van der Waals surface area contributed by atoms with Crippen molar-refractivity contribution in [1.82, 2.24) is 4.98 Å². The number of benzene rings is 2. The predicted octanol–water partition coefficient (Wildman–Crippen LogP) is 4.67. The third kappa shape index (κ3) is 3.00. The number of carbonyl (C=O) groups is 1. The van der Waals surface area contributed by atoms with E-state index in [1.165, 1.54) is 0 Å². The number of carboxylic acid groups (broad SMARTS) is 1. The molecule has 3 nitrogen and oxygen atoms in total. The molecule has 3 aromatic rings. The van der Waals surface area contributed by atoms with E-state index in [1.54, 1.807) is 30.3 Å². The summed E-state index contributed by atoms with van der Waals surface area (Å²) >= 11 is 6.33. The van der Waals surface area contributed by atoms with Gasteiger partial charge in [0.2, 0.25) is 0 Å². The van der Waals surface area contributed by atoms with Gasteiger partial charge in [0.25, 0.3) is 0 Å². The highest BCUT2D eigenvalue weighted by atomic mass is 35.5. The van der Waals surface area contributed by atoms with Crippen LogP contribution >= 0.6 is 11.6 Å². The normalized spacial score (nSPS) is 11.6. The number of rotatable bonds is 3. The molecular formula is C18H12ClNO2. The number of hydrogen-bond acceptors (Lipinski definition) is 2. The first-order valence-electron chi connectivity index (χ1n) is 6.70. The maximum absolute atomic E-state index is 10.8. The molecule has 108 valence electrons. The first-order chi connectivity index (χ1) is 10.6. The third-order valence-corrected chi connectivity index (χ3v) is 3.60. The summed E-state index contributed by atoms with van der Waals surface area (Å²) in [5.74, 6) is -0.946. The largest absolute Gasteiger partial charge is 0.478 e. The quantitative estimate of drug-likeness (QED) is 0.765. The monoisotopic (exact) mass is 309 g/mol. The third-order valence-electron chi connectivity index (χ3n) is 3.29. The number of carboxylic acids is 1. The average Bonchev–Trinajstić information content (AvgIpc) is 2.55. The molecule has 4 heteroatoms. The van der Waals surface area contributed by atoms with E-state index in [1.807, 2.05) is 36.4 Å². The summed E-state index contributed by atoms with van der Waals surface area (Å²) in [6.07, 6.45) is 1.77. The number of aromatic nitrogens is 1. The van der Waals surface area contributed by atoms with Crippen molar-refractivity contribution in [2.45, 2.75) is 0 Å². The molecule has 0 aliphatic rings. The molecule has 1 N–H and O–H groups in total. The average molecular weight is 310 g/mol. The smallest absolute Gasteiger partial charge is 0.335 e. The number of para-hydroxylation sites is 1. The fourth-order valence-electron chi connectivity index (χ4n) is 2.14. The molecule has 0 unspecified atom stereocenters. The van der Waals surface area contributed by atoms with E-state index >= 15 is 0 Å². The fourth-order valence-corrected chi connectivity index (χ4v) is 2.37. The summed E-state index contributed by atoms with van der Waals surface area (Å²) in [4.78, 5) is 15.4. The molecule has 0 amide bonds.